The van der Waals surface area contributed by atoms with E-state index in [0.717, 1.165) is 0 Å². The van der Waals surface area contributed by atoms with Gasteiger partial charge in [0.1, 0.15) is 0 Å². The molecule has 0 atom stereocenters. The van der Waals surface area contributed by atoms with Gasteiger partial charge in [-0.15, -0.1) is 0 Å². The van der Waals surface area contributed by atoms with Crippen molar-refractivity contribution < 1.29 is 0 Å². The normalized spacial score (nSPS) is 11.3. The SMILES string of the molecule is Cc1ccc2c(-c3ccc(-c4ccncc4)c(C)c3)c3ccccc3c(-c3ccc(-c4ccncc4)c(C)c3)c2c1. The first-order valence-electron chi connectivity index (χ1n) is 14.1. The number of nitrogens with zero attached hydrogens (tertiary/aromatic N) is 2. The van der Waals surface area contributed by atoms with Gasteiger partial charge in [-0.1, -0.05) is 84.4 Å². The minimum atomic E-state index is 1.19. The van der Waals surface area contributed by atoms with E-state index in [2.05, 4.69) is 134 Å². The second-order valence-electron chi connectivity index (χ2n) is 10.9. The number of benzene rings is 5. The summed E-state index contributed by atoms with van der Waals surface area (Å²) in [4.78, 5) is 8.40. The molecule has 5 aromatic carbocycles. The van der Waals surface area contributed by atoms with E-state index in [4.69, 9.17) is 0 Å². The van der Waals surface area contributed by atoms with E-state index in [-0.39, 0.29) is 0 Å². The van der Waals surface area contributed by atoms with Gasteiger partial charge in [-0.25, -0.2) is 0 Å². The number of aryl methyl sites for hydroxylation is 3. The Morgan fingerprint density at radius 3 is 1.34 bits per heavy atom. The summed E-state index contributed by atoms with van der Waals surface area (Å²) in [5.41, 5.74) is 13.7. The van der Waals surface area contributed by atoms with Crippen molar-refractivity contribution in [2.45, 2.75) is 20.8 Å². The lowest BCUT2D eigenvalue weighted by atomic mass is 9.84. The topological polar surface area (TPSA) is 25.8 Å². The van der Waals surface area contributed by atoms with Gasteiger partial charge >= 0.3 is 0 Å². The molecule has 0 aliphatic carbocycles. The Kier molecular flexibility index (Phi) is 6.17. The number of fused-ring (bicyclic) bond motifs is 2. The van der Waals surface area contributed by atoms with E-state index in [1.807, 2.05) is 24.8 Å². The zero-order valence-electron chi connectivity index (χ0n) is 23.5. The molecule has 7 rings (SSSR count). The van der Waals surface area contributed by atoms with E-state index in [1.54, 1.807) is 0 Å². The molecule has 2 nitrogen and oxygen atoms in total. The van der Waals surface area contributed by atoms with Gasteiger partial charge in [0.15, 0.2) is 0 Å². The van der Waals surface area contributed by atoms with Gasteiger partial charge in [0, 0.05) is 24.8 Å². The fourth-order valence-corrected chi connectivity index (χ4v) is 6.26. The van der Waals surface area contributed by atoms with Crippen LogP contribution >= 0.6 is 0 Å². The van der Waals surface area contributed by atoms with Crippen LogP contribution in [-0.2, 0) is 0 Å². The smallest absolute Gasteiger partial charge is 0.0273 e. The fraction of sp³-hybridized carbons (Fsp3) is 0.0769. The third-order valence-corrected chi connectivity index (χ3v) is 8.19. The van der Waals surface area contributed by atoms with Crippen LogP contribution in [0.3, 0.4) is 0 Å². The number of pyridine rings is 2. The third kappa shape index (κ3) is 4.38. The highest BCUT2D eigenvalue weighted by molar-refractivity contribution is 6.21. The van der Waals surface area contributed by atoms with Crippen LogP contribution in [0, 0.1) is 20.8 Å². The molecule has 0 N–H and O–H groups in total. The van der Waals surface area contributed by atoms with Crippen LogP contribution in [0.15, 0.2) is 128 Å². The first-order chi connectivity index (χ1) is 20.1. The minimum absolute atomic E-state index is 1.19. The van der Waals surface area contributed by atoms with Gasteiger partial charge in [0.05, 0.1) is 0 Å². The molecule has 0 fully saturated rings. The van der Waals surface area contributed by atoms with Crippen LogP contribution in [0.5, 0.6) is 0 Å². The van der Waals surface area contributed by atoms with Gasteiger partial charge in [-0.3, -0.25) is 9.97 Å². The van der Waals surface area contributed by atoms with Crippen molar-refractivity contribution in [3.63, 3.8) is 0 Å². The lowest BCUT2D eigenvalue weighted by molar-refractivity contribution is 1.32. The molecular weight excluding hydrogens is 496 g/mol. The van der Waals surface area contributed by atoms with Gasteiger partial charge in [0.2, 0.25) is 0 Å². The molecule has 0 radical (unpaired) electrons. The summed E-state index contributed by atoms with van der Waals surface area (Å²) in [6.07, 6.45) is 7.43. The fourth-order valence-electron chi connectivity index (χ4n) is 6.26. The molecule has 0 bridgehead atoms. The second kappa shape index (κ2) is 10.1. The van der Waals surface area contributed by atoms with E-state index in [0.29, 0.717) is 0 Å². The summed E-state index contributed by atoms with van der Waals surface area (Å²) >= 11 is 0. The molecule has 0 unspecified atom stereocenters. The van der Waals surface area contributed by atoms with Crippen molar-refractivity contribution in [1.29, 1.82) is 0 Å². The van der Waals surface area contributed by atoms with Crippen LogP contribution in [0.25, 0.3) is 66.1 Å². The van der Waals surface area contributed by atoms with E-state index < -0.39 is 0 Å². The summed E-state index contributed by atoms with van der Waals surface area (Å²) in [5.74, 6) is 0. The third-order valence-electron chi connectivity index (χ3n) is 8.19. The summed E-state index contributed by atoms with van der Waals surface area (Å²) in [6.45, 7) is 6.59. The van der Waals surface area contributed by atoms with Crippen molar-refractivity contribution in [3.8, 4) is 44.5 Å². The van der Waals surface area contributed by atoms with Crippen molar-refractivity contribution >= 4 is 21.5 Å². The largest absolute Gasteiger partial charge is 0.265 e. The molecule has 0 aliphatic heterocycles. The molecule has 2 aromatic heterocycles. The highest BCUT2D eigenvalue weighted by Crippen LogP contribution is 2.45. The molecular formula is C39H30N2. The van der Waals surface area contributed by atoms with Crippen LogP contribution in [0.1, 0.15) is 16.7 Å². The Labute approximate surface area is 241 Å². The highest BCUT2D eigenvalue weighted by Gasteiger charge is 2.18. The quantitative estimate of drug-likeness (QED) is 0.213. The Morgan fingerprint density at radius 1 is 0.390 bits per heavy atom. The zero-order valence-corrected chi connectivity index (χ0v) is 23.5. The molecule has 0 amide bonds. The van der Waals surface area contributed by atoms with Crippen molar-refractivity contribution in [2.75, 3.05) is 0 Å². The Balaban J connectivity index is 1.48. The first kappa shape index (κ1) is 24.9. The maximum Gasteiger partial charge on any atom is 0.0273 e. The van der Waals surface area contributed by atoms with E-state index in [1.165, 1.54) is 82.7 Å². The summed E-state index contributed by atoms with van der Waals surface area (Å²) < 4.78 is 0. The molecule has 0 spiro atoms. The molecule has 2 heteroatoms. The highest BCUT2D eigenvalue weighted by atomic mass is 14.6. The summed E-state index contributed by atoms with van der Waals surface area (Å²) in [7, 11) is 0. The molecule has 0 aliphatic rings. The molecule has 196 valence electrons. The van der Waals surface area contributed by atoms with Gasteiger partial charge < -0.3 is 0 Å². The summed E-state index contributed by atoms with van der Waals surface area (Å²) in [5, 5.41) is 5.10. The van der Waals surface area contributed by atoms with Crippen molar-refractivity contribution in [2.24, 2.45) is 0 Å². The van der Waals surface area contributed by atoms with E-state index in [9.17, 15) is 0 Å². The van der Waals surface area contributed by atoms with Crippen molar-refractivity contribution in [3.05, 3.63) is 145 Å². The number of hydrogen-bond acceptors (Lipinski definition) is 2. The lowest BCUT2D eigenvalue weighted by Crippen LogP contribution is -1.93. The molecule has 2 heterocycles. The van der Waals surface area contributed by atoms with Crippen LogP contribution in [0.4, 0.5) is 0 Å². The minimum Gasteiger partial charge on any atom is -0.265 e. The average molecular weight is 527 g/mol. The Bertz CT molecular complexity index is 2060. The standard InChI is InChI=1S/C39H30N2/c1-25-8-11-36-37(22-25)39(31-10-13-33(27(3)24-31)29-16-20-41-21-17-29)35-7-5-4-6-34(35)38(36)30-9-12-32(26(2)23-30)28-14-18-40-19-15-28/h4-24H,1-3H3. The van der Waals surface area contributed by atoms with Crippen LogP contribution in [0.2, 0.25) is 0 Å². The van der Waals surface area contributed by atoms with Crippen LogP contribution in [-0.4, -0.2) is 9.97 Å². The maximum absolute atomic E-state index is 4.20. The Morgan fingerprint density at radius 2 is 0.854 bits per heavy atom. The number of hydrogen-bond donors (Lipinski definition) is 0. The monoisotopic (exact) mass is 526 g/mol. The lowest BCUT2D eigenvalue weighted by Gasteiger charge is -2.20. The number of rotatable bonds is 4. The molecule has 7 aromatic rings. The van der Waals surface area contributed by atoms with Gasteiger partial charge in [-0.05, 0) is 122 Å². The second-order valence-corrected chi connectivity index (χ2v) is 10.9. The predicted octanol–water partition coefficient (Wildman–Crippen LogP) is 10.4. The molecule has 0 saturated carbocycles. The first-order valence-corrected chi connectivity index (χ1v) is 14.1. The van der Waals surface area contributed by atoms with Crippen molar-refractivity contribution in [1.82, 2.24) is 9.97 Å². The average Bonchev–Trinajstić information content (AvgIpc) is 3.00. The maximum atomic E-state index is 4.20. The molecule has 41 heavy (non-hydrogen) atoms. The van der Waals surface area contributed by atoms with Crippen LogP contribution < -0.4 is 0 Å². The number of aromatic nitrogens is 2. The predicted molar refractivity (Wildman–Crippen MR) is 173 cm³/mol. The van der Waals surface area contributed by atoms with E-state index >= 15 is 0 Å². The zero-order chi connectivity index (χ0) is 27.9. The summed E-state index contributed by atoms with van der Waals surface area (Å²) in [6, 6.07) is 37.8. The van der Waals surface area contributed by atoms with Gasteiger partial charge in [0.25, 0.3) is 0 Å². The Hall–Kier alpha value is -5.08. The molecule has 0 saturated heterocycles. The van der Waals surface area contributed by atoms with Gasteiger partial charge in [-0.2, -0.15) is 0 Å².